The smallest absolute Gasteiger partial charge is 0.410 e. The van der Waals surface area contributed by atoms with Crippen LogP contribution in [0.5, 0.6) is 5.75 Å². The Balaban J connectivity index is 1.77. The Kier molecular flexibility index (Phi) is 6.79. The molecule has 0 aromatic heterocycles. The Morgan fingerprint density at radius 1 is 1.23 bits per heavy atom. The predicted octanol–water partition coefficient (Wildman–Crippen LogP) is 2.92. The summed E-state index contributed by atoms with van der Waals surface area (Å²) in [6.07, 6.45) is 0.600. The average molecular weight is 365 g/mol. The summed E-state index contributed by atoms with van der Waals surface area (Å²) in [6, 6.07) is 6.18. The van der Waals surface area contributed by atoms with Crippen LogP contribution in [-0.2, 0) is 4.74 Å². The zero-order valence-electron chi connectivity index (χ0n) is 15.6. The highest BCUT2D eigenvalue weighted by Gasteiger charge is 2.24. The fourth-order valence-electron chi connectivity index (χ4n) is 2.68. The van der Waals surface area contributed by atoms with Crippen LogP contribution in [0.25, 0.3) is 0 Å². The molecule has 144 valence electrons. The van der Waals surface area contributed by atoms with Gasteiger partial charge >= 0.3 is 6.09 Å². The molecule has 0 saturated carbocycles. The number of benzene rings is 1. The van der Waals surface area contributed by atoms with Gasteiger partial charge in [-0.1, -0.05) is 6.07 Å². The van der Waals surface area contributed by atoms with E-state index < -0.39 is 10.5 Å². The van der Waals surface area contributed by atoms with E-state index in [-0.39, 0.29) is 11.8 Å². The van der Waals surface area contributed by atoms with Crippen LogP contribution in [0.2, 0.25) is 0 Å². The number of ether oxygens (including phenoxy) is 2. The van der Waals surface area contributed by atoms with E-state index in [1.165, 1.54) is 12.1 Å². The van der Waals surface area contributed by atoms with Crippen molar-refractivity contribution < 1.29 is 19.2 Å². The van der Waals surface area contributed by atoms with Crippen molar-refractivity contribution in [2.75, 3.05) is 39.3 Å². The number of carbonyl (C=O) groups is 1. The van der Waals surface area contributed by atoms with Gasteiger partial charge in [0.05, 0.1) is 11.0 Å². The Hall–Kier alpha value is -2.35. The van der Waals surface area contributed by atoms with Crippen molar-refractivity contribution in [2.45, 2.75) is 32.8 Å². The highest BCUT2D eigenvalue weighted by atomic mass is 16.6. The normalized spacial score (nSPS) is 16.0. The first-order valence-corrected chi connectivity index (χ1v) is 8.82. The zero-order valence-corrected chi connectivity index (χ0v) is 15.6. The molecule has 8 heteroatoms. The molecule has 1 saturated heterocycles. The third-order valence-corrected chi connectivity index (χ3v) is 3.94. The van der Waals surface area contributed by atoms with Crippen molar-refractivity contribution in [2.24, 2.45) is 0 Å². The maximum absolute atomic E-state index is 12.2. The number of nitrogens with zero attached hydrogens (tertiary/aromatic N) is 3. The van der Waals surface area contributed by atoms with Crippen LogP contribution in [0.15, 0.2) is 24.3 Å². The maximum atomic E-state index is 12.2. The quantitative estimate of drug-likeness (QED) is 0.589. The summed E-state index contributed by atoms with van der Waals surface area (Å²) in [5.41, 5.74) is -0.472. The van der Waals surface area contributed by atoms with Crippen LogP contribution in [0.4, 0.5) is 10.5 Å². The third kappa shape index (κ3) is 6.51. The number of nitro groups is 1. The lowest BCUT2D eigenvalue weighted by Gasteiger charge is -2.26. The van der Waals surface area contributed by atoms with Crippen molar-refractivity contribution in [1.29, 1.82) is 0 Å². The maximum Gasteiger partial charge on any atom is 0.410 e. The second-order valence-electron chi connectivity index (χ2n) is 7.27. The highest BCUT2D eigenvalue weighted by molar-refractivity contribution is 5.68. The standard InChI is InChI=1S/C18H27N3O5/c1-18(2,3)26-17(22)20-9-5-8-19(10-11-20)12-13-25-16-7-4-6-15(14-16)21(23)24/h4,6-7,14H,5,8-13H2,1-3H3. The lowest BCUT2D eigenvalue weighted by molar-refractivity contribution is -0.384. The molecule has 1 aliphatic rings. The number of hydrogen-bond donors (Lipinski definition) is 0. The van der Waals surface area contributed by atoms with Gasteiger partial charge in [-0.25, -0.2) is 4.79 Å². The highest BCUT2D eigenvalue weighted by Crippen LogP contribution is 2.19. The van der Waals surface area contributed by atoms with Crippen LogP contribution < -0.4 is 4.74 Å². The van der Waals surface area contributed by atoms with E-state index in [4.69, 9.17) is 9.47 Å². The summed E-state index contributed by atoms with van der Waals surface area (Å²) < 4.78 is 11.1. The first-order valence-electron chi connectivity index (χ1n) is 8.82. The fraction of sp³-hybridized carbons (Fsp3) is 0.611. The van der Waals surface area contributed by atoms with Crippen molar-refractivity contribution in [3.63, 3.8) is 0 Å². The summed E-state index contributed by atoms with van der Waals surface area (Å²) in [4.78, 5) is 26.5. The number of carbonyl (C=O) groups excluding carboxylic acids is 1. The molecule has 1 fully saturated rings. The SMILES string of the molecule is CC(C)(C)OC(=O)N1CCCN(CCOc2cccc([N+](=O)[O-])c2)CC1. The van der Waals surface area contributed by atoms with E-state index in [9.17, 15) is 14.9 Å². The minimum absolute atomic E-state index is 0.0188. The minimum Gasteiger partial charge on any atom is -0.492 e. The molecule has 1 aromatic rings. The van der Waals surface area contributed by atoms with Gasteiger partial charge in [-0.3, -0.25) is 15.0 Å². The molecule has 0 N–H and O–H groups in total. The summed E-state index contributed by atoms with van der Waals surface area (Å²) in [7, 11) is 0. The number of hydrogen-bond acceptors (Lipinski definition) is 6. The molecule has 1 aromatic carbocycles. The summed E-state index contributed by atoms with van der Waals surface area (Å²) in [5, 5.41) is 10.8. The van der Waals surface area contributed by atoms with Gasteiger partial charge in [0, 0.05) is 38.8 Å². The summed E-state index contributed by atoms with van der Waals surface area (Å²) in [6.45, 7) is 9.64. The average Bonchev–Trinajstić information content (AvgIpc) is 2.79. The van der Waals surface area contributed by atoms with E-state index in [0.717, 1.165) is 19.5 Å². The van der Waals surface area contributed by atoms with Crippen LogP contribution >= 0.6 is 0 Å². The number of amides is 1. The number of non-ortho nitro benzene ring substituents is 1. The Morgan fingerprint density at radius 3 is 2.69 bits per heavy atom. The summed E-state index contributed by atoms with van der Waals surface area (Å²) in [5.74, 6) is 0.490. The molecule has 0 bridgehead atoms. The Labute approximate surface area is 153 Å². The molecule has 0 spiro atoms. The number of nitro benzene ring substituents is 1. The molecular formula is C18H27N3O5. The molecule has 8 nitrogen and oxygen atoms in total. The van der Waals surface area contributed by atoms with Gasteiger partial charge in [0.15, 0.2) is 0 Å². The number of rotatable bonds is 5. The molecule has 26 heavy (non-hydrogen) atoms. The molecule has 2 rings (SSSR count). The van der Waals surface area contributed by atoms with Crippen molar-refractivity contribution in [3.05, 3.63) is 34.4 Å². The van der Waals surface area contributed by atoms with Gasteiger partial charge in [0.1, 0.15) is 18.0 Å². The second kappa shape index (κ2) is 8.84. The van der Waals surface area contributed by atoms with Crippen LogP contribution in [0, 0.1) is 10.1 Å². The first kappa shape index (κ1) is 20.0. The monoisotopic (exact) mass is 365 g/mol. The van der Waals surface area contributed by atoms with Gasteiger partial charge in [-0.15, -0.1) is 0 Å². The van der Waals surface area contributed by atoms with Crippen molar-refractivity contribution in [3.8, 4) is 5.75 Å². The van der Waals surface area contributed by atoms with Gasteiger partial charge in [0.2, 0.25) is 0 Å². The van der Waals surface area contributed by atoms with E-state index >= 15 is 0 Å². The minimum atomic E-state index is -0.491. The van der Waals surface area contributed by atoms with Crippen LogP contribution in [0.3, 0.4) is 0 Å². The Bertz CT molecular complexity index is 629. The van der Waals surface area contributed by atoms with Gasteiger partial charge in [-0.05, 0) is 33.3 Å². The molecule has 0 radical (unpaired) electrons. The molecule has 0 unspecified atom stereocenters. The molecule has 1 amide bonds. The van der Waals surface area contributed by atoms with E-state index in [0.29, 0.717) is 32.0 Å². The van der Waals surface area contributed by atoms with Gasteiger partial charge < -0.3 is 14.4 Å². The largest absolute Gasteiger partial charge is 0.492 e. The Morgan fingerprint density at radius 2 is 2.00 bits per heavy atom. The van der Waals surface area contributed by atoms with Gasteiger partial charge in [0.25, 0.3) is 5.69 Å². The van der Waals surface area contributed by atoms with Crippen LogP contribution in [-0.4, -0.2) is 65.7 Å². The zero-order chi connectivity index (χ0) is 19.2. The summed E-state index contributed by atoms with van der Waals surface area (Å²) >= 11 is 0. The molecular weight excluding hydrogens is 338 g/mol. The lowest BCUT2D eigenvalue weighted by atomic mass is 10.2. The lowest BCUT2D eigenvalue weighted by Crippen LogP contribution is -2.39. The fourth-order valence-corrected chi connectivity index (χ4v) is 2.68. The molecule has 1 aliphatic heterocycles. The molecule has 0 atom stereocenters. The second-order valence-corrected chi connectivity index (χ2v) is 7.27. The molecule has 0 aliphatic carbocycles. The van der Waals surface area contributed by atoms with Crippen molar-refractivity contribution >= 4 is 11.8 Å². The van der Waals surface area contributed by atoms with Crippen molar-refractivity contribution in [1.82, 2.24) is 9.80 Å². The van der Waals surface area contributed by atoms with Gasteiger partial charge in [-0.2, -0.15) is 0 Å². The molecule has 1 heterocycles. The van der Waals surface area contributed by atoms with Crippen LogP contribution in [0.1, 0.15) is 27.2 Å². The predicted molar refractivity (Wildman–Crippen MR) is 97.5 cm³/mol. The van der Waals surface area contributed by atoms with E-state index in [1.807, 2.05) is 20.8 Å². The topological polar surface area (TPSA) is 85.2 Å². The van der Waals surface area contributed by atoms with E-state index in [1.54, 1.807) is 17.0 Å². The van der Waals surface area contributed by atoms with E-state index in [2.05, 4.69) is 4.90 Å². The third-order valence-electron chi connectivity index (χ3n) is 3.94. The first-order chi connectivity index (χ1) is 12.2.